The summed E-state index contributed by atoms with van der Waals surface area (Å²) in [6.45, 7) is 5.82. The first-order chi connectivity index (χ1) is 15.4. The van der Waals surface area contributed by atoms with Gasteiger partial charge in [0.2, 0.25) is 6.41 Å². The van der Waals surface area contributed by atoms with Gasteiger partial charge in [-0.05, 0) is 59.5 Å². The molecule has 1 aliphatic rings. The van der Waals surface area contributed by atoms with Crippen molar-refractivity contribution in [2.75, 3.05) is 24.8 Å². The van der Waals surface area contributed by atoms with E-state index >= 15 is 0 Å². The maximum Gasteiger partial charge on any atom is 0.211 e. The van der Waals surface area contributed by atoms with Crippen LogP contribution in [0.25, 0.3) is 0 Å². The van der Waals surface area contributed by atoms with E-state index in [-0.39, 0.29) is 5.78 Å². The van der Waals surface area contributed by atoms with Crippen LogP contribution in [0.4, 0.5) is 11.4 Å². The highest BCUT2D eigenvalue weighted by Gasteiger charge is 2.09. The number of carbonyl (C=O) groups is 2. The fourth-order valence-corrected chi connectivity index (χ4v) is 4.21. The average molecular weight is 505 g/mol. The number of hydrogen-bond acceptors (Lipinski definition) is 4. The Kier molecular flexibility index (Phi) is 13.4. The molecule has 176 valence electrons. The number of para-hydroxylation sites is 1. The number of ether oxygens (including phenoxy) is 1. The third kappa shape index (κ3) is 9.43. The Balaban J connectivity index is 0.000000245. The van der Waals surface area contributed by atoms with E-state index in [0.717, 1.165) is 33.1 Å². The molecule has 2 aromatic rings. The minimum Gasteiger partial charge on any atom is -0.496 e. The van der Waals surface area contributed by atoms with Crippen molar-refractivity contribution in [3.8, 4) is 5.75 Å². The van der Waals surface area contributed by atoms with Crippen LogP contribution in [0.15, 0.2) is 40.9 Å². The number of anilines is 2. The zero-order valence-electron chi connectivity index (χ0n) is 20.0. The molecule has 0 bridgehead atoms. The van der Waals surface area contributed by atoms with Gasteiger partial charge in [-0.3, -0.25) is 9.59 Å². The second kappa shape index (κ2) is 15.5. The minimum absolute atomic E-state index is 0.0700. The number of carbonyl (C=O) groups excluding carboxylic acids is 2. The number of nitrogens with one attached hydrogen (secondary N) is 2. The maximum absolute atomic E-state index is 11.1. The van der Waals surface area contributed by atoms with Crippen LogP contribution in [-0.4, -0.2) is 26.4 Å². The molecule has 32 heavy (non-hydrogen) atoms. The van der Waals surface area contributed by atoms with Gasteiger partial charge >= 0.3 is 0 Å². The van der Waals surface area contributed by atoms with Crippen LogP contribution in [0.5, 0.6) is 5.75 Å². The lowest BCUT2D eigenvalue weighted by Crippen LogP contribution is -2.03. The standard InChI is InChI=1S/C9H10BrNO.C9H11NO2.C8H16/c1-6(12)7-4-3-5-8(10)9(7)11-2;1-7-3-4-8(10-6-11)5-9(7)12-2;1-2-8-6-4-3-5-7-8/h3-5,11H,1-2H3;3-6H,1-2H3,(H,10,11);8H,2-7H2,1H3. The summed E-state index contributed by atoms with van der Waals surface area (Å²) in [5, 5.41) is 5.53. The number of Topliss-reactive ketones (excluding diaryl/α,β-unsaturated/α-hetero) is 1. The Hall–Kier alpha value is -2.34. The normalized spacial score (nSPS) is 12.9. The topological polar surface area (TPSA) is 67.4 Å². The highest BCUT2D eigenvalue weighted by Crippen LogP contribution is 2.26. The van der Waals surface area contributed by atoms with E-state index in [2.05, 4.69) is 33.5 Å². The predicted octanol–water partition coefficient (Wildman–Crippen LogP) is 7.24. The number of methoxy groups -OCH3 is 1. The largest absolute Gasteiger partial charge is 0.496 e. The van der Waals surface area contributed by atoms with Crippen LogP contribution >= 0.6 is 15.9 Å². The fraction of sp³-hybridized carbons (Fsp3) is 0.462. The van der Waals surface area contributed by atoms with Crippen molar-refractivity contribution in [3.05, 3.63) is 52.0 Å². The van der Waals surface area contributed by atoms with Crippen molar-refractivity contribution in [2.24, 2.45) is 5.92 Å². The van der Waals surface area contributed by atoms with Crippen molar-refractivity contribution in [3.63, 3.8) is 0 Å². The summed E-state index contributed by atoms with van der Waals surface area (Å²) >= 11 is 3.36. The second-order valence-electron chi connectivity index (χ2n) is 7.83. The van der Waals surface area contributed by atoms with E-state index in [4.69, 9.17) is 4.74 Å². The molecule has 1 aliphatic carbocycles. The number of rotatable bonds is 6. The monoisotopic (exact) mass is 504 g/mol. The molecule has 0 radical (unpaired) electrons. The highest BCUT2D eigenvalue weighted by molar-refractivity contribution is 9.10. The van der Waals surface area contributed by atoms with Gasteiger partial charge in [-0.2, -0.15) is 0 Å². The van der Waals surface area contributed by atoms with Gasteiger partial charge in [0.05, 0.1) is 12.8 Å². The van der Waals surface area contributed by atoms with E-state index in [0.29, 0.717) is 12.0 Å². The van der Waals surface area contributed by atoms with Crippen LogP contribution < -0.4 is 15.4 Å². The molecule has 1 saturated carbocycles. The summed E-state index contributed by atoms with van der Waals surface area (Å²) in [5.74, 6) is 1.94. The van der Waals surface area contributed by atoms with E-state index < -0.39 is 0 Å². The molecule has 0 aliphatic heterocycles. The number of benzene rings is 2. The summed E-state index contributed by atoms with van der Waals surface area (Å²) in [6, 6.07) is 11.1. The Morgan fingerprint density at radius 1 is 1.19 bits per heavy atom. The molecule has 2 aromatic carbocycles. The van der Waals surface area contributed by atoms with Crippen LogP contribution in [0.1, 0.15) is 68.3 Å². The molecular weight excluding hydrogens is 468 g/mol. The highest BCUT2D eigenvalue weighted by atomic mass is 79.9. The molecule has 0 aromatic heterocycles. The average Bonchev–Trinajstić information content (AvgIpc) is 2.81. The lowest BCUT2D eigenvalue weighted by molar-refractivity contribution is -0.105. The van der Waals surface area contributed by atoms with Crippen LogP contribution in [0.2, 0.25) is 0 Å². The Labute approximate surface area is 201 Å². The van der Waals surface area contributed by atoms with E-state index in [1.165, 1.54) is 38.5 Å². The van der Waals surface area contributed by atoms with Crippen molar-refractivity contribution in [2.45, 2.75) is 59.3 Å². The number of aryl methyl sites for hydroxylation is 1. The molecule has 1 amide bonds. The zero-order valence-corrected chi connectivity index (χ0v) is 21.6. The summed E-state index contributed by atoms with van der Waals surface area (Å²) in [6.07, 6.45) is 9.57. The molecule has 0 saturated heterocycles. The van der Waals surface area contributed by atoms with Gasteiger partial charge in [-0.15, -0.1) is 0 Å². The van der Waals surface area contributed by atoms with Gasteiger partial charge in [0, 0.05) is 28.8 Å². The molecule has 5 nitrogen and oxygen atoms in total. The molecule has 0 unspecified atom stereocenters. The fourth-order valence-electron chi connectivity index (χ4n) is 3.64. The van der Waals surface area contributed by atoms with E-state index in [1.807, 2.05) is 31.2 Å². The molecule has 1 fully saturated rings. The quantitative estimate of drug-likeness (QED) is 0.321. The first kappa shape index (κ1) is 27.7. The van der Waals surface area contributed by atoms with Crippen LogP contribution in [0.3, 0.4) is 0 Å². The van der Waals surface area contributed by atoms with E-state index in [1.54, 1.807) is 33.2 Å². The third-order valence-electron chi connectivity index (χ3n) is 5.58. The Morgan fingerprint density at radius 3 is 2.34 bits per heavy atom. The first-order valence-electron chi connectivity index (χ1n) is 11.2. The minimum atomic E-state index is 0.0700. The first-order valence-corrected chi connectivity index (χ1v) is 12.0. The van der Waals surface area contributed by atoms with Crippen molar-refractivity contribution in [1.82, 2.24) is 0 Å². The number of ketones is 1. The van der Waals surface area contributed by atoms with Crippen molar-refractivity contribution < 1.29 is 14.3 Å². The van der Waals surface area contributed by atoms with Crippen LogP contribution in [-0.2, 0) is 4.79 Å². The number of hydrogen-bond donors (Lipinski definition) is 2. The van der Waals surface area contributed by atoms with Crippen molar-refractivity contribution in [1.29, 1.82) is 0 Å². The van der Waals surface area contributed by atoms with Gasteiger partial charge in [0.25, 0.3) is 0 Å². The molecular formula is C26H37BrN2O3. The smallest absolute Gasteiger partial charge is 0.211 e. The second-order valence-corrected chi connectivity index (χ2v) is 8.68. The van der Waals surface area contributed by atoms with Gasteiger partial charge in [0.1, 0.15) is 5.75 Å². The van der Waals surface area contributed by atoms with Gasteiger partial charge in [-0.1, -0.05) is 57.6 Å². The SMILES string of the molecule is CCC1CCCCC1.CNc1c(Br)cccc1C(C)=O.COc1cc(NC=O)ccc1C. The Morgan fingerprint density at radius 2 is 1.88 bits per heavy atom. The molecule has 2 N–H and O–H groups in total. The lowest BCUT2D eigenvalue weighted by atomic mass is 9.88. The predicted molar refractivity (Wildman–Crippen MR) is 138 cm³/mol. The summed E-state index contributed by atoms with van der Waals surface area (Å²) < 4.78 is 5.99. The number of halogens is 1. The van der Waals surface area contributed by atoms with Gasteiger partial charge < -0.3 is 15.4 Å². The zero-order chi connectivity index (χ0) is 23.9. The molecule has 6 heteroatoms. The molecule has 3 rings (SSSR count). The van der Waals surface area contributed by atoms with E-state index in [9.17, 15) is 9.59 Å². The molecule has 0 heterocycles. The van der Waals surface area contributed by atoms with Gasteiger partial charge in [-0.25, -0.2) is 0 Å². The Bertz CT molecular complexity index is 849. The summed E-state index contributed by atoms with van der Waals surface area (Å²) in [7, 11) is 3.40. The van der Waals surface area contributed by atoms with Gasteiger partial charge in [0.15, 0.2) is 5.78 Å². The van der Waals surface area contributed by atoms with Crippen molar-refractivity contribution >= 4 is 39.5 Å². The summed E-state index contributed by atoms with van der Waals surface area (Å²) in [4.78, 5) is 21.2. The number of amides is 1. The summed E-state index contributed by atoms with van der Waals surface area (Å²) in [5.41, 5.74) is 3.36. The maximum atomic E-state index is 11.1. The third-order valence-corrected chi connectivity index (χ3v) is 6.24. The lowest BCUT2D eigenvalue weighted by Gasteiger charge is -2.18. The molecule has 0 spiro atoms. The molecule has 0 atom stereocenters. The van der Waals surface area contributed by atoms with Crippen LogP contribution in [0, 0.1) is 12.8 Å².